The van der Waals surface area contributed by atoms with Crippen molar-refractivity contribution in [1.29, 1.82) is 0 Å². The summed E-state index contributed by atoms with van der Waals surface area (Å²) in [5.74, 6) is -1.05. The van der Waals surface area contributed by atoms with Gasteiger partial charge in [-0.25, -0.2) is 12.8 Å². The number of carbonyl (C=O) groups excluding carboxylic acids is 1. The molecule has 104 valence electrons. The minimum atomic E-state index is -3.38. The van der Waals surface area contributed by atoms with Crippen LogP contribution in [-0.2, 0) is 14.6 Å². The molecule has 1 amide bonds. The van der Waals surface area contributed by atoms with E-state index in [1.807, 2.05) is 0 Å². The SMILES string of the molecule is O=C(Nc1ccc(Br)c(F)c1)C1CCCCS1(=O)=O. The van der Waals surface area contributed by atoms with E-state index in [1.54, 1.807) is 0 Å². The van der Waals surface area contributed by atoms with Crippen LogP contribution in [0.4, 0.5) is 10.1 Å². The normalized spacial score (nSPS) is 21.9. The Bertz CT molecular complexity index is 603. The first-order chi connectivity index (χ1) is 8.90. The summed E-state index contributed by atoms with van der Waals surface area (Å²) in [5, 5.41) is 1.44. The molecule has 0 aromatic heterocycles. The number of sulfone groups is 1. The van der Waals surface area contributed by atoms with Crippen LogP contribution in [0.2, 0.25) is 0 Å². The second-order valence-corrected chi connectivity index (χ2v) is 7.63. The first kappa shape index (κ1) is 14.5. The highest BCUT2D eigenvalue weighted by atomic mass is 79.9. The van der Waals surface area contributed by atoms with E-state index in [2.05, 4.69) is 21.2 Å². The fraction of sp³-hybridized carbons (Fsp3) is 0.417. The Morgan fingerprint density at radius 1 is 1.37 bits per heavy atom. The molecule has 4 nitrogen and oxygen atoms in total. The highest BCUT2D eigenvalue weighted by Crippen LogP contribution is 2.23. The Balaban J connectivity index is 2.14. The minimum absolute atomic E-state index is 0.0415. The maximum absolute atomic E-state index is 13.3. The third-order valence-corrected chi connectivity index (χ3v) is 5.88. The molecule has 1 N–H and O–H groups in total. The summed E-state index contributed by atoms with van der Waals surface area (Å²) >= 11 is 3.01. The van der Waals surface area contributed by atoms with Crippen molar-refractivity contribution in [3.8, 4) is 0 Å². The lowest BCUT2D eigenvalue weighted by Crippen LogP contribution is -2.39. The summed E-state index contributed by atoms with van der Waals surface area (Å²) in [5.41, 5.74) is 0.256. The summed E-state index contributed by atoms with van der Waals surface area (Å²) in [7, 11) is -3.38. The van der Waals surface area contributed by atoms with E-state index in [0.717, 1.165) is 6.07 Å². The third kappa shape index (κ3) is 3.33. The second kappa shape index (κ2) is 5.58. The van der Waals surface area contributed by atoms with Gasteiger partial charge in [0.05, 0.1) is 10.2 Å². The number of benzene rings is 1. The van der Waals surface area contributed by atoms with Gasteiger partial charge in [-0.05, 0) is 47.0 Å². The fourth-order valence-electron chi connectivity index (χ4n) is 2.05. The van der Waals surface area contributed by atoms with Crippen LogP contribution in [0.15, 0.2) is 22.7 Å². The van der Waals surface area contributed by atoms with E-state index in [4.69, 9.17) is 0 Å². The number of hydrogen-bond acceptors (Lipinski definition) is 3. The smallest absolute Gasteiger partial charge is 0.242 e. The standard InChI is InChI=1S/C12H13BrFNO3S/c13-9-5-4-8(7-10(9)14)15-12(16)11-3-1-2-6-19(11,17)18/h4-5,7,11H,1-3,6H2,(H,15,16). The zero-order chi connectivity index (χ0) is 14.0. The van der Waals surface area contributed by atoms with Gasteiger partial charge in [-0.3, -0.25) is 4.79 Å². The summed E-state index contributed by atoms with van der Waals surface area (Å²) in [4.78, 5) is 12.0. The Morgan fingerprint density at radius 3 is 2.74 bits per heavy atom. The molecule has 2 rings (SSSR count). The zero-order valence-electron chi connectivity index (χ0n) is 10.0. The van der Waals surface area contributed by atoms with Gasteiger partial charge in [0.2, 0.25) is 5.91 Å². The molecule has 1 atom stereocenters. The zero-order valence-corrected chi connectivity index (χ0v) is 12.4. The molecule has 7 heteroatoms. The second-order valence-electron chi connectivity index (χ2n) is 4.47. The van der Waals surface area contributed by atoms with Gasteiger partial charge < -0.3 is 5.32 Å². The van der Waals surface area contributed by atoms with E-state index in [1.165, 1.54) is 12.1 Å². The van der Waals surface area contributed by atoms with E-state index in [0.29, 0.717) is 19.3 Å². The highest BCUT2D eigenvalue weighted by molar-refractivity contribution is 9.10. The molecule has 0 aliphatic carbocycles. The first-order valence-electron chi connectivity index (χ1n) is 5.87. The number of halogens is 2. The van der Waals surface area contributed by atoms with Crippen molar-refractivity contribution >= 4 is 37.4 Å². The molecule has 1 saturated heterocycles. The van der Waals surface area contributed by atoms with Gasteiger partial charge in [0.25, 0.3) is 0 Å². The molecule has 1 aliphatic heterocycles. The van der Waals surface area contributed by atoms with E-state index < -0.39 is 26.8 Å². The van der Waals surface area contributed by atoms with E-state index >= 15 is 0 Å². The molecule has 1 aromatic rings. The lowest BCUT2D eigenvalue weighted by atomic mass is 10.2. The van der Waals surface area contributed by atoms with Gasteiger partial charge in [0.15, 0.2) is 9.84 Å². The number of rotatable bonds is 2. The van der Waals surface area contributed by atoms with Gasteiger partial charge in [-0.15, -0.1) is 0 Å². The lowest BCUT2D eigenvalue weighted by Gasteiger charge is -2.21. The van der Waals surface area contributed by atoms with Gasteiger partial charge in [0.1, 0.15) is 11.1 Å². The number of nitrogens with one attached hydrogen (secondary N) is 1. The lowest BCUT2D eigenvalue weighted by molar-refractivity contribution is -0.116. The highest BCUT2D eigenvalue weighted by Gasteiger charge is 2.34. The topological polar surface area (TPSA) is 63.2 Å². The third-order valence-electron chi connectivity index (χ3n) is 3.06. The molecule has 1 aliphatic rings. The molecule has 0 saturated carbocycles. The molecule has 1 aromatic carbocycles. The van der Waals surface area contributed by atoms with Crippen LogP contribution in [0.1, 0.15) is 19.3 Å². The van der Waals surface area contributed by atoms with E-state index in [9.17, 15) is 17.6 Å². The Labute approximate surface area is 119 Å². The van der Waals surface area contributed by atoms with Crippen molar-refractivity contribution in [2.75, 3.05) is 11.1 Å². The molecular formula is C12H13BrFNO3S. The van der Waals surface area contributed by atoms with Crippen LogP contribution >= 0.6 is 15.9 Å². The van der Waals surface area contributed by atoms with Crippen LogP contribution in [0.5, 0.6) is 0 Å². The molecule has 1 fully saturated rings. The summed E-state index contributed by atoms with van der Waals surface area (Å²) in [6.07, 6.45) is 1.64. The number of amides is 1. The Kier molecular flexibility index (Phi) is 4.25. The largest absolute Gasteiger partial charge is 0.325 e. The molecular weight excluding hydrogens is 337 g/mol. The Hall–Kier alpha value is -0.950. The van der Waals surface area contributed by atoms with Crippen molar-refractivity contribution in [2.45, 2.75) is 24.5 Å². The van der Waals surface area contributed by atoms with E-state index in [-0.39, 0.29) is 15.9 Å². The minimum Gasteiger partial charge on any atom is -0.325 e. The van der Waals surface area contributed by atoms with Gasteiger partial charge >= 0.3 is 0 Å². The first-order valence-corrected chi connectivity index (χ1v) is 8.38. The molecule has 0 spiro atoms. The quantitative estimate of drug-likeness (QED) is 0.891. The maximum Gasteiger partial charge on any atom is 0.242 e. The number of hydrogen-bond donors (Lipinski definition) is 1. The van der Waals surface area contributed by atoms with Crippen molar-refractivity contribution in [2.24, 2.45) is 0 Å². The van der Waals surface area contributed by atoms with Crippen molar-refractivity contribution in [3.63, 3.8) is 0 Å². The Morgan fingerprint density at radius 2 is 2.11 bits per heavy atom. The van der Waals surface area contributed by atoms with Crippen LogP contribution in [0, 0.1) is 5.82 Å². The average molecular weight is 350 g/mol. The fourth-order valence-corrected chi connectivity index (χ4v) is 4.09. The van der Waals surface area contributed by atoms with Crippen LogP contribution in [0.3, 0.4) is 0 Å². The molecule has 19 heavy (non-hydrogen) atoms. The van der Waals surface area contributed by atoms with Gasteiger partial charge in [-0.1, -0.05) is 6.42 Å². The maximum atomic E-state index is 13.3. The van der Waals surface area contributed by atoms with Gasteiger partial charge in [0, 0.05) is 5.69 Å². The predicted molar refractivity (Wildman–Crippen MR) is 74.2 cm³/mol. The predicted octanol–water partition coefficient (Wildman–Crippen LogP) is 2.49. The monoisotopic (exact) mass is 349 g/mol. The van der Waals surface area contributed by atoms with Crippen molar-refractivity contribution < 1.29 is 17.6 Å². The number of carbonyl (C=O) groups is 1. The summed E-state index contributed by atoms with van der Waals surface area (Å²) in [6.45, 7) is 0. The molecule has 1 unspecified atom stereocenters. The van der Waals surface area contributed by atoms with Crippen molar-refractivity contribution in [3.05, 3.63) is 28.5 Å². The van der Waals surface area contributed by atoms with Crippen LogP contribution < -0.4 is 5.32 Å². The van der Waals surface area contributed by atoms with Crippen molar-refractivity contribution in [1.82, 2.24) is 0 Å². The molecule has 1 heterocycles. The molecule has 0 bridgehead atoms. The summed E-state index contributed by atoms with van der Waals surface area (Å²) in [6, 6.07) is 4.12. The van der Waals surface area contributed by atoms with Gasteiger partial charge in [-0.2, -0.15) is 0 Å². The molecule has 0 radical (unpaired) electrons. The summed E-state index contributed by atoms with van der Waals surface area (Å²) < 4.78 is 37.2. The average Bonchev–Trinajstić information content (AvgIpc) is 2.33. The van der Waals surface area contributed by atoms with Crippen LogP contribution in [-0.4, -0.2) is 25.3 Å². The van der Waals surface area contributed by atoms with Crippen LogP contribution in [0.25, 0.3) is 0 Å². The number of anilines is 1.